The molecule has 86 valence electrons. The zero-order valence-electron chi connectivity index (χ0n) is 9.27. The number of amides is 2. The fraction of sp³-hybridized carbons (Fsp3) is 0.333. The summed E-state index contributed by atoms with van der Waals surface area (Å²) < 4.78 is 0. The van der Waals surface area contributed by atoms with Crippen LogP contribution < -0.4 is 11.1 Å². The van der Waals surface area contributed by atoms with Gasteiger partial charge in [0.1, 0.15) is 6.04 Å². The Morgan fingerprint density at radius 1 is 1.31 bits per heavy atom. The molecule has 2 amide bonds. The lowest BCUT2D eigenvalue weighted by Gasteiger charge is -2.14. The molecule has 0 aliphatic carbocycles. The lowest BCUT2D eigenvalue weighted by molar-refractivity contribution is -0.120. The Morgan fingerprint density at radius 2 is 1.94 bits per heavy atom. The van der Waals surface area contributed by atoms with Gasteiger partial charge in [0.2, 0.25) is 5.91 Å². The van der Waals surface area contributed by atoms with Crippen LogP contribution in [0.3, 0.4) is 0 Å². The van der Waals surface area contributed by atoms with Crippen LogP contribution in [-0.2, 0) is 4.79 Å². The standard InChI is InChI=1S/C12H16N2O2/c1-2-6-10(11(13)15)14-12(16)9-7-4-3-5-8-9/h3-5,7-8,10H,2,6H2,1H3,(H2,13,15)(H,14,16)/t10-/m0/s1. The molecule has 0 saturated carbocycles. The fourth-order valence-corrected chi connectivity index (χ4v) is 1.41. The summed E-state index contributed by atoms with van der Waals surface area (Å²) in [5.41, 5.74) is 5.73. The van der Waals surface area contributed by atoms with Crippen molar-refractivity contribution in [3.8, 4) is 0 Å². The summed E-state index contributed by atoms with van der Waals surface area (Å²) in [6.07, 6.45) is 1.36. The van der Waals surface area contributed by atoms with E-state index in [0.29, 0.717) is 12.0 Å². The molecule has 0 spiro atoms. The highest BCUT2D eigenvalue weighted by atomic mass is 16.2. The van der Waals surface area contributed by atoms with E-state index in [0.717, 1.165) is 6.42 Å². The average molecular weight is 220 g/mol. The highest BCUT2D eigenvalue weighted by Crippen LogP contribution is 2.01. The minimum atomic E-state index is -0.585. The quantitative estimate of drug-likeness (QED) is 0.779. The molecule has 0 aromatic heterocycles. The summed E-state index contributed by atoms with van der Waals surface area (Å²) in [5, 5.41) is 2.62. The van der Waals surface area contributed by atoms with E-state index in [1.54, 1.807) is 24.3 Å². The molecule has 0 radical (unpaired) electrons. The third-order valence-electron chi connectivity index (χ3n) is 2.26. The van der Waals surface area contributed by atoms with Crippen molar-refractivity contribution in [2.75, 3.05) is 0 Å². The number of nitrogens with two attached hydrogens (primary N) is 1. The molecule has 1 rings (SSSR count). The van der Waals surface area contributed by atoms with Crippen molar-refractivity contribution in [2.45, 2.75) is 25.8 Å². The SMILES string of the molecule is CCC[C@H](NC(=O)c1ccccc1)C(N)=O. The van der Waals surface area contributed by atoms with Crippen molar-refractivity contribution in [1.82, 2.24) is 5.32 Å². The molecule has 4 heteroatoms. The minimum Gasteiger partial charge on any atom is -0.368 e. The van der Waals surface area contributed by atoms with Crippen molar-refractivity contribution in [3.63, 3.8) is 0 Å². The van der Waals surface area contributed by atoms with Gasteiger partial charge in [-0.05, 0) is 18.6 Å². The third-order valence-corrected chi connectivity index (χ3v) is 2.26. The lowest BCUT2D eigenvalue weighted by atomic mass is 10.1. The van der Waals surface area contributed by atoms with E-state index in [2.05, 4.69) is 5.32 Å². The molecular formula is C12H16N2O2. The fourth-order valence-electron chi connectivity index (χ4n) is 1.41. The molecule has 4 nitrogen and oxygen atoms in total. The van der Waals surface area contributed by atoms with Gasteiger partial charge in [0.25, 0.3) is 5.91 Å². The molecule has 0 unspecified atom stereocenters. The Morgan fingerprint density at radius 3 is 2.44 bits per heavy atom. The average Bonchev–Trinajstić information content (AvgIpc) is 2.29. The first-order valence-corrected chi connectivity index (χ1v) is 5.30. The van der Waals surface area contributed by atoms with Gasteiger partial charge in [-0.15, -0.1) is 0 Å². The number of rotatable bonds is 5. The summed E-state index contributed by atoms with van der Waals surface area (Å²) >= 11 is 0. The monoisotopic (exact) mass is 220 g/mol. The van der Waals surface area contributed by atoms with Gasteiger partial charge >= 0.3 is 0 Å². The Hall–Kier alpha value is -1.84. The Kier molecular flexibility index (Phi) is 4.51. The van der Waals surface area contributed by atoms with Crippen molar-refractivity contribution in [2.24, 2.45) is 5.73 Å². The number of primary amides is 1. The first kappa shape index (κ1) is 12.2. The maximum Gasteiger partial charge on any atom is 0.251 e. The molecule has 0 bridgehead atoms. The van der Waals surface area contributed by atoms with Crippen LogP contribution >= 0.6 is 0 Å². The number of hydrogen-bond donors (Lipinski definition) is 2. The number of hydrogen-bond acceptors (Lipinski definition) is 2. The first-order valence-electron chi connectivity index (χ1n) is 5.30. The van der Waals surface area contributed by atoms with E-state index in [9.17, 15) is 9.59 Å². The summed E-state index contributed by atoms with van der Waals surface area (Å²) in [4.78, 5) is 22.8. The Labute approximate surface area is 94.8 Å². The number of carbonyl (C=O) groups is 2. The highest BCUT2D eigenvalue weighted by Gasteiger charge is 2.17. The molecule has 1 aromatic carbocycles. The van der Waals surface area contributed by atoms with Crippen molar-refractivity contribution < 1.29 is 9.59 Å². The van der Waals surface area contributed by atoms with E-state index in [1.165, 1.54) is 0 Å². The van der Waals surface area contributed by atoms with Gasteiger partial charge in [0, 0.05) is 5.56 Å². The van der Waals surface area contributed by atoms with Gasteiger partial charge < -0.3 is 11.1 Å². The predicted molar refractivity (Wildman–Crippen MR) is 61.8 cm³/mol. The number of benzene rings is 1. The molecular weight excluding hydrogens is 204 g/mol. The van der Waals surface area contributed by atoms with Crippen LogP contribution in [0, 0.1) is 0 Å². The molecule has 0 heterocycles. The molecule has 3 N–H and O–H groups in total. The highest BCUT2D eigenvalue weighted by molar-refractivity contribution is 5.97. The van der Waals surface area contributed by atoms with Crippen LogP contribution in [0.4, 0.5) is 0 Å². The Balaban J connectivity index is 2.65. The summed E-state index contributed by atoms with van der Waals surface area (Å²) in [7, 11) is 0. The van der Waals surface area contributed by atoms with Crippen molar-refractivity contribution in [1.29, 1.82) is 0 Å². The van der Waals surface area contributed by atoms with E-state index < -0.39 is 11.9 Å². The van der Waals surface area contributed by atoms with Gasteiger partial charge in [0.05, 0.1) is 0 Å². The molecule has 16 heavy (non-hydrogen) atoms. The van der Waals surface area contributed by atoms with Gasteiger partial charge in [-0.1, -0.05) is 31.5 Å². The van der Waals surface area contributed by atoms with Crippen LogP contribution in [0.5, 0.6) is 0 Å². The molecule has 0 aliphatic rings. The largest absolute Gasteiger partial charge is 0.368 e. The van der Waals surface area contributed by atoms with Crippen molar-refractivity contribution in [3.05, 3.63) is 35.9 Å². The maximum absolute atomic E-state index is 11.7. The molecule has 0 aliphatic heterocycles. The van der Waals surface area contributed by atoms with Gasteiger partial charge in [-0.2, -0.15) is 0 Å². The zero-order valence-corrected chi connectivity index (χ0v) is 9.27. The van der Waals surface area contributed by atoms with Crippen molar-refractivity contribution >= 4 is 11.8 Å². The van der Waals surface area contributed by atoms with Gasteiger partial charge in [-0.3, -0.25) is 9.59 Å². The summed E-state index contributed by atoms with van der Waals surface area (Å²) in [5.74, 6) is -0.760. The number of nitrogens with one attached hydrogen (secondary N) is 1. The van der Waals surface area contributed by atoms with Crippen LogP contribution in [0.1, 0.15) is 30.1 Å². The van der Waals surface area contributed by atoms with Crippen LogP contribution in [0.15, 0.2) is 30.3 Å². The topological polar surface area (TPSA) is 72.2 Å². The molecule has 0 saturated heterocycles. The minimum absolute atomic E-state index is 0.266. The number of carbonyl (C=O) groups excluding carboxylic acids is 2. The maximum atomic E-state index is 11.7. The van der Waals surface area contributed by atoms with E-state index >= 15 is 0 Å². The van der Waals surface area contributed by atoms with Crippen LogP contribution in [0.2, 0.25) is 0 Å². The first-order chi connectivity index (χ1) is 7.65. The Bertz CT molecular complexity index is 363. The second-order valence-corrected chi connectivity index (χ2v) is 3.58. The predicted octanol–water partition coefficient (Wildman–Crippen LogP) is 1.07. The normalized spacial score (nSPS) is 11.8. The molecule has 1 aromatic rings. The zero-order chi connectivity index (χ0) is 12.0. The summed E-state index contributed by atoms with van der Waals surface area (Å²) in [6, 6.07) is 8.17. The van der Waals surface area contributed by atoms with E-state index in [4.69, 9.17) is 5.73 Å². The molecule has 1 atom stereocenters. The van der Waals surface area contributed by atoms with Crippen LogP contribution in [0.25, 0.3) is 0 Å². The second kappa shape index (κ2) is 5.90. The van der Waals surface area contributed by atoms with Crippen LogP contribution in [-0.4, -0.2) is 17.9 Å². The lowest BCUT2D eigenvalue weighted by Crippen LogP contribution is -2.44. The van der Waals surface area contributed by atoms with Gasteiger partial charge in [0.15, 0.2) is 0 Å². The second-order valence-electron chi connectivity index (χ2n) is 3.58. The summed E-state index contributed by atoms with van der Waals surface area (Å²) in [6.45, 7) is 1.94. The van der Waals surface area contributed by atoms with Gasteiger partial charge in [-0.25, -0.2) is 0 Å². The van der Waals surface area contributed by atoms with E-state index in [-0.39, 0.29) is 5.91 Å². The van der Waals surface area contributed by atoms with E-state index in [1.807, 2.05) is 13.0 Å². The molecule has 0 fully saturated rings. The third kappa shape index (κ3) is 3.38. The smallest absolute Gasteiger partial charge is 0.251 e.